The van der Waals surface area contributed by atoms with Crippen molar-refractivity contribution in [2.24, 2.45) is 7.05 Å². The maximum Gasteiger partial charge on any atom is 0.416 e. The second-order valence-electron chi connectivity index (χ2n) is 8.90. The Balaban J connectivity index is 1.40. The van der Waals surface area contributed by atoms with Gasteiger partial charge in [-0.25, -0.2) is 0 Å². The molecule has 37 heavy (non-hydrogen) atoms. The van der Waals surface area contributed by atoms with Gasteiger partial charge in [0.25, 0.3) is 0 Å². The van der Waals surface area contributed by atoms with Crippen LogP contribution in [-0.4, -0.2) is 34.1 Å². The zero-order valence-electron chi connectivity index (χ0n) is 20.2. The van der Waals surface area contributed by atoms with Crippen molar-refractivity contribution in [2.45, 2.75) is 31.8 Å². The highest BCUT2D eigenvalue weighted by atomic mass is 19.4. The molecule has 3 heterocycles. The fraction of sp³-hybridized carbons (Fsp3) is 0.308. The first kappa shape index (κ1) is 26.2. The van der Waals surface area contributed by atoms with Crippen molar-refractivity contribution in [3.8, 4) is 0 Å². The Labute approximate surface area is 209 Å². The molecule has 0 saturated carbocycles. The predicted octanol–water partition coefficient (Wildman–Crippen LogP) is 3.77. The van der Waals surface area contributed by atoms with Gasteiger partial charge in [0.2, 0.25) is 11.6 Å². The van der Waals surface area contributed by atoms with E-state index in [1.54, 1.807) is 36.9 Å². The maximum atomic E-state index is 13.0. The Morgan fingerprint density at radius 1 is 1.22 bits per heavy atom. The van der Waals surface area contributed by atoms with Crippen LogP contribution in [0.4, 0.5) is 13.2 Å². The smallest absolute Gasteiger partial charge is 0.416 e. The lowest BCUT2D eigenvalue weighted by atomic mass is 10.1. The molecule has 0 aliphatic heterocycles. The number of likely N-dealkylation sites (N-methyl/N-ethyl adjacent to an activating group) is 1. The molecule has 0 radical (unpaired) electrons. The molecule has 4 rings (SSSR count). The number of nitrogens with one attached hydrogen (secondary N) is 1. The van der Waals surface area contributed by atoms with E-state index >= 15 is 0 Å². The van der Waals surface area contributed by atoms with Crippen molar-refractivity contribution in [3.63, 3.8) is 0 Å². The molecule has 11 heteroatoms. The highest BCUT2D eigenvalue weighted by Crippen LogP contribution is 2.29. The maximum absolute atomic E-state index is 13.0. The zero-order valence-corrected chi connectivity index (χ0v) is 20.2. The number of carbonyl (C=O) groups is 1. The molecule has 8 nitrogen and oxygen atoms in total. The van der Waals surface area contributed by atoms with Crippen LogP contribution in [0.15, 0.2) is 68.6 Å². The number of halogens is 3. The van der Waals surface area contributed by atoms with Crippen LogP contribution in [0.3, 0.4) is 0 Å². The molecule has 0 saturated heterocycles. The van der Waals surface area contributed by atoms with Gasteiger partial charge in [-0.3, -0.25) is 14.5 Å². The van der Waals surface area contributed by atoms with Gasteiger partial charge in [0.1, 0.15) is 17.6 Å². The minimum Gasteiger partial charge on any atom is -0.467 e. The summed E-state index contributed by atoms with van der Waals surface area (Å²) in [5.41, 5.74) is 0.0121. The number of amides is 1. The topological polar surface area (TPSA) is 101 Å². The van der Waals surface area contributed by atoms with Crippen molar-refractivity contribution >= 4 is 17.0 Å². The lowest BCUT2D eigenvalue weighted by Crippen LogP contribution is -2.27. The van der Waals surface area contributed by atoms with E-state index in [0.717, 1.165) is 12.1 Å². The van der Waals surface area contributed by atoms with Crippen LogP contribution < -0.4 is 10.7 Å². The van der Waals surface area contributed by atoms with Crippen LogP contribution in [0.1, 0.15) is 34.3 Å². The van der Waals surface area contributed by atoms with E-state index in [1.165, 1.54) is 24.6 Å². The largest absolute Gasteiger partial charge is 0.467 e. The summed E-state index contributed by atoms with van der Waals surface area (Å²) in [6, 6.07) is 9.51. The summed E-state index contributed by atoms with van der Waals surface area (Å²) in [4.78, 5) is 27.3. The highest BCUT2D eigenvalue weighted by molar-refractivity contribution is 5.81. The van der Waals surface area contributed by atoms with E-state index < -0.39 is 23.8 Å². The van der Waals surface area contributed by atoms with Crippen molar-refractivity contribution in [2.75, 3.05) is 13.6 Å². The normalized spacial score (nSPS) is 12.8. The summed E-state index contributed by atoms with van der Waals surface area (Å²) in [7, 11) is 3.49. The van der Waals surface area contributed by atoms with Gasteiger partial charge in [0.15, 0.2) is 5.43 Å². The lowest BCUT2D eigenvalue weighted by molar-refractivity contribution is -0.137. The Bertz CT molecular complexity index is 1420. The molecule has 196 valence electrons. The molecule has 0 bridgehead atoms. The minimum atomic E-state index is -4.43. The molecule has 1 amide bonds. The van der Waals surface area contributed by atoms with Crippen LogP contribution in [0.25, 0.3) is 11.1 Å². The summed E-state index contributed by atoms with van der Waals surface area (Å²) in [5, 5.41) is 13.2. The van der Waals surface area contributed by atoms with Crippen molar-refractivity contribution < 1.29 is 31.9 Å². The Hall–Kier alpha value is -3.83. The minimum absolute atomic E-state index is 0.0333. The van der Waals surface area contributed by atoms with Crippen molar-refractivity contribution in [1.29, 1.82) is 0 Å². The number of pyridine rings is 1. The molecule has 0 aliphatic rings. The van der Waals surface area contributed by atoms with E-state index in [-0.39, 0.29) is 30.5 Å². The third kappa shape index (κ3) is 6.30. The van der Waals surface area contributed by atoms with E-state index in [1.807, 2.05) is 4.90 Å². The fourth-order valence-corrected chi connectivity index (χ4v) is 4.03. The summed E-state index contributed by atoms with van der Waals surface area (Å²) in [5.74, 6) is 0.526. The number of rotatable bonds is 9. The van der Waals surface area contributed by atoms with E-state index in [4.69, 9.17) is 8.83 Å². The second kappa shape index (κ2) is 10.7. The van der Waals surface area contributed by atoms with Gasteiger partial charge in [0.05, 0.1) is 30.2 Å². The van der Waals surface area contributed by atoms with Crippen LogP contribution >= 0.6 is 0 Å². The van der Waals surface area contributed by atoms with Gasteiger partial charge >= 0.3 is 6.18 Å². The molecule has 4 aromatic rings. The third-order valence-corrected chi connectivity index (χ3v) is 5.87. The van der Waals surface area contributed by atoms with Crippen LogP contribution in [0.2, 0.25) is 0 Å². The number of carbonyl (C=O) groups excluding carboxylic acids is 1. The van der Waals surface area contributed by atoms with Crippen LogP contribution in [0, 0.1) is 0 Å². The fourth-order valence-electron chi connectivity index (χ4n) is 4.03. The Kier molecular flexibility index (Phi) is 7.55. The lowest BCUT2D eigenvalue weighted by Gasteiger charge is -2.18. The molecule has 3 aromatic heterocycles. The Morgan fingerprint density at radius 2 is 1.95 bits per heavy atom. The first-order chi connectivity index (χ1) is 17.5. The quantitative estimate of drug-likeness (QED) is 0.351. The second-order valence-corrected chi connectivity index (χ2v) is 8.90. The number of aromatic nitrogens is 1. The molecular weight excluding hydrogens is 491 g/mol. The average Bonchev–Trinajstić information content (AvgIpc) is 3.51. The first-order valence-electron chi connectivity index (χ1n) is 11.4. The number of aliphatic hydroxyl groups excluding tert-OH is 1. The Morgan fingerprint density at radius 3 is 2.59 bits per heavy atom. The molecule has 1 atom stereocenters. The number of fused-ring (bicyclic) bond motifs is 1. The van der Waals surface area contributed by atoms with Gasteiger partial charge in [-0.2, -0.15) is 13.2 Å². The molecule has 2 N–H and O–H groups in total. The monoisotopic (exact) mass is 517 g/mol. The first-order valence-corrected chi connectivity index (χ1v) is 11.4. The van der Waals surface area contributed by atoms with E-state index in [0.29, 0.717) is 34.7 Å². The summed E-state index contributed by atoms with van der Waals surface area (Å²) >= 11 is 0. The standard InChI is InChI=1S/C26H26F3N3O5/c1-31(15-21(33)22-4-3-9-36-22)14-19-11-20-24(35)17(13-32(2)25(20)37-19)10-23(34)30-12-16-5-7-18(8-6-16)26(27,28)29/h3-9,11,13,21,33H,10,12,14-15H2,1-2H3,(H,30,34)/t21-/m1/s1. The summed E-state index contributed by atoms with van der Waals surface area (Å²) in [6.07, 6.45) is -2.42. The SMILES string of the molecule is CN(Cc1cc2c(=O)c(CC(=O)NCc3ccc(C(F)(F)F)cc3)cn(C)c2o1)C[C@@H](O)c1ccco1. The molecule has 0 unspecified atom stereocenters. The molecule has 0 fully saturated rings. The van der Waals surface area contributed by atoms with Gasteiger partial charge in [-0.15, -0.1) is 0 Å². The van der Waals surface area contributed by atoms with Crippen molar-refractivity contribution in [1.82, 2.24) is 14.8 Å². The number of hydrogen-bond donors (Lipinski definition) is 2. The van der Waals surface area contributed by atoms with Crippen LogP contribution in [-0.2, 0) is 37.5 Å². The zero-order chi connectivity index (χ0) is 26.7. The predicted molar refractivity (Wildman–Crippen MR) is 128 cm³/mol. The number of aryl methyl sites for hydroxylation is 1. The van der Waals surface area contributed by atoms with E-state index in [9.17, 15) is 27.9 Å². The van der Waals surface area contributed by atoms with E-state index in [2.05, 4.69) is 5.32 Å². The average molecular weight is 518 g/mol. The third-order valence-electron chi connectivity index (χ3n) is 5.87. The number of benzene rings is 1. The summed E-state index contributed by atoms with van der Waals surface area (Å²) < 4.78 is 50.8. The van der Waals surface area contributed by atoms with Crippen LogP contribution in [0.5, 0.6) is 0 Å². The number of hydrogen-bond acceptors (Lipinski definition) is 6. The number of furan rings is 2. The van der Waals surface area contributed by atoms with Gasteiger partial charge in [-0.05, 0) is 42.9 Å². The molecule has 0 aliphatic carbocycles. The number of alkyl halides is 3. The van der Waals surface area contributed by atoms with Crippen molar-refractivity contribution in [3.05, 3.63) is 93.4 Å². The molecule has 1 aromatic carbocycles. The van der Waals surface area contributed by atoms with Gasteiger partial charge in [0, 0.05) is 31.9 Å². The summed E-state index contributed by atoms with van der Waals surface area (Å²) in [6.45, 7) is 0.645. The van der Waals surface area contributed by atoms with Gasteiger partial charge < -0.3 is 23.8 Å². The van der Waals surface area contributed by atoms with Gasteiger partial charge in [-0.1, -0.05) is 12.1 Å². The molecular formula is C26H26F3N3O5. The highest BCUT2D eigenvalue weighted by Gasteiger charge is 2.30. The number of nitrogens with zero attached hydrogens (tertiary/aromatic N) is 2. The molecule has 0 spiro atoms. The number of aliphatic hydroxyl groups is 1.